The molecule has 1 saturated heterocycles. The van der Waals surface area contributed by atoms with Gasteiger partial charge >= 0.3 is 0 Å². The van der Waals surface area contributed by atoms with Gasteiger partial charge in [0.25, 0.3) is 5.91 Å². The van der Waals surface area contributed by atoms with Gasteiger partial charge in [-0.2, -0.15) is 0 Å². The van der Waals surface area contributed by atoms with E-state index in [0.29, 0.717) is 18.2 Å². The van der Waals surface area contributed by atoms with Gasteiger partial charge in [-0.25, -0.2) is 0 Å². The molecule has 0 saturated carbocycles. The third-order valence-corrected chi connectivity index (χ3v) is 5.02. The van der Waals surface area contributed by atoms with E-state index in [1.807, 2.05) is 6.07 Å². The number of rotatable bonds is 4. The third-order valence-electron chi connectivity index (χ3n) is 4.40. The lowest BCUT2D eigenvalue weighted by Gasteiger charge is -2.23. The summed E-state index contributed by atoms with van der Waals surface area (Å²) in [5.74, 6) is 0.779. The van der Waals surface area contributed by atoms with Crippen LogP contribution in [0.15, 0.2) is 12.1 Å². The third kappa shape index (κ3) is 3.18. The van der Waals surface area contributed by atoms with E-state index < -0.39 is 0 Å². The van der Waals surface area contributed by atoms with E-state index in [0.717, 1.165) is 40.9 Å². The Morgan fingerprint density at radius 2 is 2.38 bits per heavy atom. The van der Waals surface area contributed by atoms with Crippen molar-refractivity contribution >= 4 is 28.5 Å². The Hall–Kier alpha value is -0.820. The summed E-state index contributed by atoms with van der Waals surface area (Å²) >= 11 is 2.26. The first kappa shape index (κ1) is 15.1. The lowest BCUT2D eigenvalue weighted by atomic mass is 10.1. The molecule has 1 aromatic rings. The molecule has 3 rings (SSSR count). The van der Waals surface area contributed by atoms with Gasteiger partial charge in [0.15, 0.2) is 0 Å². The molecule has 2 aliphatic rings. The molecule has 0 spiro atoms. The molecule has 1 aromatic carbocycles. The summed E-state index contributed by atoms with van der Waals surface area (Å²) in [6, 6.07) is 4.51. The minimum Gasteiger partial charge on any atom is -0.492 e. The molecule has 0 unspecified atom stereocenters. The molecule has 0 radical (unpaired) electrons. The number of carbonyl (C=O) groups is 1. The predicted molar refractivity (Wildman–Crippen MR) is 91.0 cm³/mol. The van der Waals surface area contributed by atoms with Gasteiger partial charge < -0.3 is 10.1 Å². The quantitative estimate of drug-likeness (QED) is 0.793. The van der Waals surface area contributed by atoms with Gasteiger partial charge in [0, 0.05) is 22.6 Å². The van der Waals surface area contributed by atoms with Gasteiger partial charge in [-0.1, -0.05) is 6.92 Å². The van der Waals surface area contributed by atoms with Crippen LogP contribution in [0.4, 0.5) is 0 Å². The zero-order valence-electron chi connectivity index (χ0n) is 12.3. The maximum Gasteiger partial charge on any atom is 0.255 e. The molecule has 1 atom stereocenters. The smallest absolute Gasteiger partial charge is 0.255 e. The largest absolute Gasteiger partial charge is 0.492 e. The molecular weight excluding hydrogens is 377 g/mol. The molecule has 1 N–H and O–H groups in total. The Balaban J connectivity index is 1.69. The van der Waals surface area contributed by atoms with Gasteiger partial charge in [-0.15, -0.1) is 0 Å². The van der Waals surface area contributed by atoms with Crippen LogP contribution in [0.2, 0.25) is 0 Å². The van der Waals surface area contributed by atoms with E-state index in [9.17, 15) is 4.79 Å². The minimum atomic E-state index is -0.00498. The highest BCUT2D eigenvalue weighted by Gasteiger charge is 2.25. The fourth-order valence-corrected chi connectivity index (χ4v) is 3.97. The fourth-order valence-electron chi connectivity index (χ4n) is 3.29. The van der Waals surface area contributed by atoms with Crippen molar-refractivity contribution in [1.82, 2.24) is 10.2 Å². The number of fused-ring (bicyclic) bond motifs is 1. The Labute approximate surface area is 139 Å². The maximum atomic E-state index is 12.5. The lowest BCUT2D eigenvalue weighted by molar-refractivity contribution is 0.0938. The van der Waals surface area contributed by atoms with Crippen LogP contribution in [-0.4, -0.2) is 43.1 Å². The topological polar surface area (TPSA) is 41.6 Å². The Bertz CT molecular complexity index is 547. The summed E-state index contributed by atoms with van der Waals surface area (Å²) in [4.78, 5) is 14.9. The van der Waals surface area contributed by atoms with E-state index in [2.05, 4.69) is 45.8 Å². The summed E-state index contributed by atoms with van der Waals surface area (Å²) in [5, 5.41) is 3.10. The Morgan fingerprint density at radius 3 is 3.19 bits per heavy atom. The molecule has 114 valence electrons. The Morgan fingerprint density at radius 1 is 1.52 bits per heavy atom. The van der Waals surface area contributed by atoms with Crippen molar-refractivity contribution in [2.75, 3.05) is 26.2 Å². The standard InChI is InChI=1S/C16H21IN2O2/c1-2-19-6-3-4-13(19)10-18-16(20)14-9-12(17)8-11-5-7-21-15(11)14/h8-9,13H,2-7,10H2,1H3,(H,18,20)/t13-/m0/s1/i17-2. The van der Waals surface area contributed by atoms with Crippen molar-refractivity contribution in [2.24, 2.45) is 0 Å². The fraction of sp³-hybridized carbons (Fsp3) is 0.562. The number of nitrogens with zero attached hydrogens (tertiary/aromatic N) is 1. The normalized spacial score (nSPS) is 21.1. The van der Waals surface area contributed by atoms with Gasteiger partial charge in [0.05, 0.1) is 12.2 Å². The van der Waals surface area contributed by atoms with Crippen LogP contribution in [0.3, 0.4) is 0 Å². The van der Waals surface area contributed by atoms with Gasteiger partial charge in [-0.05, 0) is 66.2 Å². The second kappa shape index (κ2) is 6.52. The zero-order valence-corrected chi connectivity index (χ0v) is 14.5. The van der Waals surface area contributed by atoms with Crippen molar-refractivity contribution in [1.29, 1.82) is 0 Å². The number of halogens is 1. The van der Waals surface area contributed by atoms with Gasteiger partial charge in [0.2, 0.25) is 0 Å². The maximum absolute atomic E-state index is 12.5. The summed E-state index contributed by atoms with van der Waals surface area (Å²) in [7, 11) is 0. The lowest BCUT2D eigenvalue weighted by Crippen LogP contribution is -2.40. The second-order valence-electron chi connectivity index (χ2n) is 5.67. The highest BCUT2D eigenvalue weighted by molar-refractivity contribution is 14.1. The molecule has 4 nitrogen and oxygen atoms in total. The monoisotopic (exact) mass is 398 g/mol. The average Bonchev–Trinajstić information content (AvgIpc) is 3.11. The molecule has 0 aromatic heterocycles. The SMILES string of the molecule is CCN1CCC[C@H]1CNC(=O)c1cc([125I])cc2c1OCC2. The number of nitrogens with one attached hydrogen (secondary N) is 1. The number of amides is 1. The highest BCUT2D eigenvalue weighted by Crippen LogP contribution is 2.31. The second-order valence-corrected chi connectivity index (χ2v) is 6.92. The molecular formula is C16H21IN2O2. The van der Waals surface area contributed by atoms with Crippen molar-refractivity contribution in [3.63, 3.8) is 0 Å². The average molecular weight is 398 g/mol. The van der Waals surface area contributed by atoms with Crippen LogP contribution in [0.1, 0.15) is 35.7 Å². The Kier molecular flexibility index (Phi) is 4.69. The van der Waals surface area contributed by atoms with E-state index in [4.69, 9.17) is 4.74 Å². The van der Waals surface area contributed by atoms with E-state index in [1.165, 1.54) is 12.8 Å². The van der Waals surface area contributed by atoms with Crippen LogP contribution in [0.5, 0.6) is 5.75 Å². The van der Waals surface area contributed by atoms with Crippen molar-refractivity contribution < 1.29 is 9.53 Å². The van der Waals surface area contributed by atoms with Crippen LogP contribution < -0.4 is 10.1 Å². The molecule has 2 heterocycles. The zero-order chi connectivity index (χ0) is 14.8. The van der Waals surface area contributed by atoms with Crippen LogP contribution >= 0.6 is 22.6 Å². The number of ether oxygens (including phenoxy) is 1. The first-order chi connectivity index (χ1) is 10.2. The summed E-state index contributed by atoms with van der Waals surface area (Å²) in [5.41, 5.74) is 1.85. The molecule has 0 aliphatic carbocycles. The number of benzene rings is 1. The van der Waals surface area contributed by atoms with Crippen LogP contribution in [-0.2, 0) is 6.42 Å². The molecule has 5 heteroatoms. The summed E-state index contributed by atoms with van der Waals surface area (Å²) in [6.45, 7) is 5.80. The number of hydrogen-bond acceptors (Lipinski definition) is 3. The number of likely N-dealkylation sites (tertiary alicyclic amines) is 1. The number of carbonyl (C=O) groups excluding carboxylic acids is 1. The summed E-state index contributed by atoms with van der Waals surface area (Å²) < 4.78 is 6.74. The van der Waals surface area contributed by atoms with Gasteiger partial charge in [-0.3, -0.25) is 9.69 Å². The van der Waals surface area contributed by atoms with Gasteiger partial charge in [0.1, 0.15) is 5.75 Å². The van der Waals surface area contributed by atoms with Crippen molar-refractivity contribution in [3.8, 4) is 5.75 Å². The van der Waals surface area contributed by atoms with Crippen LogP contribution in [0.25, 0.3) is 0 Å². The predicted octanol–water partition coefficient (Wildman–Crippen LogP) is 2.44. The highest BCUT2D eigenvalue weighted by atomic mass is 125. The van der Waals surface area contributed by atoms with Crippen molar-refractivity contribution in [3.05, 3.63) is 26.8 Å². The van der Waals surface area contributed by atoms with E-state index >= 15 is 0 Å². The minimum absolute atomic E-state index is 0.00498. The van der Waals surface area contributed by atoms with Crippen LogP contribution in [0, 0.1) is 3.57 Å². The molecule has 2 aliphatic heterocycles. The van der Waals surface area contributed by atoms with E-state index in [1.54, 1.807) is 0 Å². The molecule has 1 amide bonds. The molecule has 0 bridgehead atoms. The number of hydrogen-bond donors (Lipinski definition) is 1. The van der Waals surface area contributed by atoms with E-state index in [-0.39, 0.29) is 5.91 Å². The number of likely N-dealkylation sites (N-methyl/N-ethyl adjacent to an activating group) is 1. The molecule has 1 fully saturated rings. The summed E-state index contributed by atoms with van der Waals surface area (Å²) in [6.07, 6.45) is 3.31. The first-order valence-corrected chi connectivity index (χ1v) is 8.74. The van der Waals surface area contributed by atoms with Crippen molar-refractivity contribution in [2.45, 2.75) is 32.2 Å². The molecule has 21 heavy (non-hydrogen) atoms. The first-order valence-electron chi connectivity index (χ1n) is 7.66.